The molecule has 33 heavy (non-hydrogen) atoms. The molecule has 2 aliphatic rings. The highest BCUT2D eigenvalue weighted by Crippen LogP contribution is 2.50. The van der Waals surface area contributed by atoms with Crippen molar-refractivity contribution in [3.05, 3.63) is 83.5 Å². The monoisotopic (exact) mass is 442 g/mol. The third kappa shape index (κ3) is 3.38. The second-order valence-electron chi connectivity index (χ2n) is 9.19. The SMILES string of the molecule is CC1(C)CC(=O)C2=C(C1)Oc1ncn3nc(COc4ccccc4)nc3c1C2c1ccco1. The number of aromatic nitrogens is 4. The second kappa shape index (κ2) is 7.30. The summed E-state index contributed by atoms with van der Waals surface area (Å²) in [6.07, 6.45) is 4.29. The van der Waals surface area contributed by atoms with Crippen LogP contribution in [0.5, 0.6) is 11.6 Å². The van der Waals surface area contributed by atoms with Gasteiger partial charge in [-0.15, -0.1) is 5.10 Å². The molecule has 6 rings (SSSR count). The van der Waals surface area contributed by atoms with Gasteiger partial charge in [-0.1, -0.05) is 32.0 Å². The Hall–Kier alpha value is -3.94. The van der Waals surface area contributed by atoms with Gasteiger partial charge in [-0.3, -0.25) is 4.79 Å². The Kier molecular flexibility index (Phi) is 4.36. The van der Waals surface area contributed by atoms with E-state index >= 15 is 0 Å². The van der Waals surface area contributed by atoms with Crippen molar-refractivity contribution in [3.8, 4) is 11.6 Å². The molecule has 0 saturated carbocycles. The predicted octanol–water partition coefficient (Wildman–Crippen LogP) is 4.46. The fourth-order valence-electron chi connectivity index (χ4n) is 4.66. The summed E-state index contributed by atoms with van der Waals surface area (Å²) in [5.74, 6) is 2.58. The highest BCUT2D eigenvalue weighted by atomic mass is 16.5. The molecule has 4 aromatic rings. The van der Waals surface area contributed by atoms with E-state index in [4.69, 9.17) is 18.9 Å². The first-order valence-electron chi connectivity index (χ1n) is 10.9. The van der Waals surface area contributed by atoms with E-state index in [1.165, 1.54) is 0 Å². The van der Waals surface area contributed by atoms with Gasteiger partial charge in [0.1, 0.15) is 30.2 Å². The van der Waals surface area contributed by atoms with Crippen LogP contribution in [0.2, 0.25) is 0 Å². The van der Waals surface area contributed by atoms with Crippen molar-refractivity contribution >= 4 is 11.4 Å². The van der Waals surface area contributed by atoms with Crippen molar-refractivity contribution in [2.75, 3.05) is 0 Å². The standard InChI is InChI=1S/C25H22N4O4/c1-25(2)11-16(30)20-18(12-25)33-24-22(21(20)17-9-6-10-31-17)23-27-19(28-29(23)14-26-24)13-32-15-7-4-3-5-8-15/h3-10,14,21H,11-13H2,1-2H3. The molecule has 0 radical (unpaired) electrons. The van der Waals surface area contributed by atoms with Crippen molar-refractivity contribution < 1.29 is 18.7 Å². The molecule has 1 unspecified atom stereocenters. The van der Waals surface area contributed by atoms with Crippen LogP contribution in [0.25, 0.3) is 5.65 Å². The molecule has 0 saturated heterocycles. The van der Waals surface area contributed by atoms with E-state index in [0.717, 1.165) is 5.75 Å². The van der Waals surface area contributed by atoms with Crippen molar-refractivity contribution in [2.24, 2.45) is 5.41 Å². The predicted molar refractivity (Wildman–Crippen MR) is 118 cm³/mol. The zero-order chi connectivity index (χ0) is 22.6. The normalized spacial score (nSPS) is 19.2. The van der Waals surface area contributed by atoms with Crippen LogP contribution in [-0.2, 0) is 11.4 Å². The van der Waals surface area contributed by atoms with E-state index in [1.54, 1.807) is 17.1 Å². The fraction of sp³-hybridized carbons (Fsp3) is 0.280. The number of benzene rings is 1. The van der Waals surface area contributed by atoms with Crippen molar-refractivity contribution in [1.82, 2.24) is 19.6 Å². The van der Waals surface area contributed by atoms with E-state index in [2.05, 4.69) is 23.9 Å². The van der Waals surface area contributed by atoms with Crippen LogP contribution in [0, 0.1) is 5.41 Å². The first-order chi connectivity index (χ1) is 16.0. The Morgan fingerprint density at radius 2 is 2.00 bits per heavy atom. The molecule has 0 bridgehead atoms. The largest absolute Gasteiger partial charge is 0.486 e. The zero-order valence-electron chi connectivity index (χ0n) is 18.3. The lowest BCUT2D eigenvalue weighted by Gasteiger charge is -2.36. The smallest absolute Gasteiger partial charge is 0.228 e. The van der Waals surface area contributed by atoms with Crippen LogP contribution in [0.15, 0.2) is 70.8 Å². The highest BCUT2D eigenvalue weighted by molar-refractivity contribution is 6.00. The summed E-state index contributed by atoms with van der Waals surface area (Å²) in [4.78, 5) is 22.5. The number of hydrogen-bond acceptors (Lipinski definition) is 7. The molecule has 8 nitrogen and oxygen atoms in total. The van der Waals surface area contributed by atoms with Crippen LogP contribution in [0.4, 0.5) is 0 Å². The van der Waals surface area contributed by atoms with Gasteiger partial charge in [-0.2, -0.15) is 0 Å². The van der Waals surface area contributed by atoms with E-state index in [9.17, 15) is 4.79 Å². The van der Waals surface area contributed by atoms with Gasteiger partial charge in [0.05, 0.1) is 17.7 Å². The lowest BCUT2D eigenvalue weighted by Crippen LogP contribution is -2.33. The third-order valence-electron chi connectivity index (χ3n) is 6.05. The van der Waals surface area contributed by atoms with E-state index in [1.807, 2.05) is 42.5 Å². The number of hydrogen-bond donors (Lipinski definition) is 0. The Morgan fingerprint density at radius 3 is 2.79 bits per heavy atom. The van der Waals surface area contributed by atoms with Crippen LogP contribution >= 0.6 is 0 Å². The molecular formula is C25H22N4O4. The van der Waals surface area contributed by atoms with Crippen LogP contribution in [0.1, 0.15) is 49.8 Å². The molecule has 0 N–H and O–H groups in total. The van der Waals surface area contributed by atoms with Crippen LogP contribution in [-0.4, -0.2) is 25.4 Å². The number of rotatable bonds is 4. The first-order valence-corrected chi connectivity index (χ1v) is 10.9. The molecule has 166 valence electrons. The van der Waals surface area contributed by atoms with Gasteiger partial charge in [-0.05, 0) is 29.7 Å². The Morgan fingerprint density at radius 1 is 1.15 bits per heavy atom. The highest BCUT2D eigenvalue weighted by Gasteiger charge is 2.44. The zero-order valence-corrected chi connectivity index (χ0v) is 18.3. The molecule has 1 aliphatic carbocycles. The number of ether oxygens (including phenoxy) is 2. The summed E-state index contributed by atoms with van der Waals surface area (Å²) >= 11 is 0. The van der Waals surface area contributed by atoms with Gasteiger partial charge in [0.25, 0.3) is 0 Å². The summed E-state index contributed by atoms with van der Waals surface area (Å²) in [7, 11) is 0. The molecule has 0 fully saturated rings. The number of carbonyl (C=O) groups is 1. The minimum atomic E-state index is -0.453. The van der Waals surface area contributed by atoms with Crippen LogP contribution < -0.4 is 9.47 Å². The number of allylic oxidation sites excluding steroid dienone is 2. The summed E-state index contributed by atoms with van der Waals surface area (Å²) < 4.78 is 19.4. The summed E-state index contributed by atoms with van der Waals surface area (Å²) in [5, 5.41) is 4.53. The Balaban J connectivity index is 1.46. The van der Waals surface area contributed by atoms with Crippen LogP contribution in [0.3, 0.4) is 0 Å². The molecular weight excluding hydrogens is 420 g/mol. The molecule has 4 heterocycles. The minimum Gasteiger partial charge on any atom is -0.486 e. The van der Waals surface area contributed by atoms with Gasteiger partial charge in [0.2, 0.25) is 5.88 Å². The van der Waals surface area contributed by atoms with E-state index < -0.39 is 5.92 Å². The van der Waals surface area contributed by atoms with E-state index in [-0.39, 0.29) is 17.8 Å². The summed E-state index contributed by atoms with van der Waals surface area (Å²) in [5.41, 5.74) is 1.69. The summed E-state index contributed by atoms with van der Waals surface area (Å²) in [6.45, 7) is 4.35. The molecule has 0 amide bonds. The Bertz CT molecular complexity index is 1390. The van der Waals surface area contributed by atoms with Crippen molar-refractivity contribution in [2.45, 2.75) is 39.2 Å². The molecule has 3 aromatic heterocycles. The first kappa shape index (κ1) is 19.7. The van der Waals surface area contributed by atoms with Gasteiger partial charge in [0, 0.05) is 18.4 Å². The topological polar surface area (TPSA) is 91.8 Å². The van der Waals surface area contributed by atoms with Crippen molar-refractivity contribution in [1.29, 1.82) is 0 Å². The van der Waals surface area contributed by atoms with Gasteiger partial charge in [0.15, 0.2) is 17.3 Å². The number of nitrogens with zero attached hydrogens (tertiary/aromatic N) is 4. The lowest BCUT2D eigenvalue weighted by atomic mass is 9.71. The molecule has 1 atom stereocenters. The maximum absolute atomic E-state index is 13.3. The maximum atomic E-state index is 13.3. The number of carbonyl (C=O) groups excluding carboxylic acids is 1. The molecule has 1 aromatic carbocycles. The second-order valence-corrected chi connectivity index (χ2v) is 9.19. The van der Waals surface area contributed by atoms with E-state index in [0.29, 0.717) is 52.8 Å². The maximum Gasteiger partial charge on any atom is 0.228 e. The minimum absolute atomic E-state index is 0.0578. The number of Topliss-reactive ketones (excluding diaryl/α,β-unsaturated/α-hetero) is 1. The molecule has 8 heteroatoms. The number of ketones is 1. The quantitative estimate of drug-likeness (QED) is 0.461. The lowest BCUT2D eigenvalue weighted by molar-refractivity contribution is -0.118. The number of para-hydroxylation sites is 1. The molecule has 1 aliphatic heterocycles. The molecule has 0 spiro atoms. The third-order valence-corrected chi connectivity index (χ3v) is 6.05. The fourth-order valence-corrected chi connectivity index (χ4v) is 4.66. The number of fused-ring (bicyclic) bond motifs is 3. The Labute approximate surface area is 189 Å². The van der Waals surface area contributed by atoms with Gasteiger partial charge in [-0.25, -0.2) is 14.5 Å². The number of furan rings is 1. The average molecular weight is 442 g/mol. The van der Waals surface area contributed by atoms with Crippen molar-refractivity contribution in [3.63, 3.8) is 0 Å². The van der Waals surface area contributed by atoms with Gasteiger partial charge >= 0.3 is 0 Å². The van der Waals surface area contributed by atoms with Gasteiger partial charge < -0.3 is 13.9 Å². The average Bonchev–Trinajstić information content (AvgIpc) is 3.46. The summed E-state index contributed by atoms with van der Waals surface area (Å²) in [6, 6.07) is 13.2.